The van der Waals surface area contributed by atoms with Gasteiger partial charge in [0.2, 0.25) is 5.91 Å². The summed E-state index contributed by atoms with van der Waals surface area (Å²) in [4.78, 5) is 25.0. The molecule has 23 heavy (non-hydrogen) atoms. The van der Waals surface area contributed by atoms with E-state index in [0.29, 0.717) is 5.56 Å². The van der Waals surface area contributed by atoms with Gasteiger partial charge in [-0.2, -0.15) is 0 Å². The largest absolute Gasteiger partial charge is 0.366 e. The monoisotopic (exact) mass is 307 g/mol. The van der Waals surface area contributed by atoms with Gasteiger partial charge in [-0.1, -0.05) is 42.5 Å². The van der Waals surface area contributed by atoms with Crippen LogP contribution in [-0.4, -0.2) is 23.9 Å². The van der Waals surface area contributed by atoms with E-state index in [9.17, 15) is 9.59 Å². The number of primary amides is 1. The molecule has 1 aliphatic heterocycles. The van der Waals surface area contributed by atoms with E-state index in [1.807, 2.05) is 48.5 Å². The highest BCUT2D eigenvalue weighted by Crippen LogP contribution is 2.28. The Hall–Kier alpha value is -3.08. The molecule has 0 fully saturated rings. The Labute approximate surface area is 134 Å². The molecule has 2 aromatic carbocycles. The molecule has 1 heterocycles. The Kier molecular flexibility index (Phi) is 3.85. The lowest BCUT2D eigenvalue weighted by atomic mass is 9.99. The average molecular weight is 307 g/mol. The number of carbonyl (C=O) groups excluding carboxylic acids is 2. The Bertz CT molecular complexity index is 767. The molecule has 0 saturated heterocycles. The van der Waals surface area contributed by atoms with Crippen molar-refractivity contribution in [2.75, 3.05) is 7.05 Å². The van der Waals surface area contributed by atoms with E-state index in [-0.39, 0.29) is 12.1 Å². The van der Waals surface area contributed by atoms with Gasteiger partial charge in [-0.25, -0.2) is 4.79 Å². The lowest BCUT2D eigenvalue weighted by Crippen LogP contribution is -2.42. The molecule has 1 aliphatic rings. The summed E-state index contributed by atoms with van der Waals surface area (Å²) in [5, 5.41) is 2.89. The summed E-state index contributed by atoms with van der Waals surface area (Å²) in [6.07, 6.45) is 2.00. The number of nitrogens with two attached hydrogens (primary N) is 1. The fraction of sp³-hybridized carbons (Fsp3) is 0.111. The van der Waals surface area contributed by atoms with Gasteiger partial charge < -0.3 is 16.0 Å². The van der Waals surface area contributed by atoms with Crippen molar-refractivity contribution >= 4 is 17.6 Å². The Morgan fingerprint density at radius 2 is 1.74 bits per heavy atom. The predicted octanol–water partition coefficient (Wildman–Crippen LogP) is 2.52. The fourth-order valence-corrected chi connectivity index (χ4v) is 2.59. The Balaban J connectivity index is 1.98. The standard InChI is InChI=1S/C18H17N3O2/c1-21-16(13-7-9-14(10-8-13)17(19)22)11-15(20-18(21)23)12-5-3-2-4-6-12/h2-11,16H,1H3,(H2,19,22)(H,20,23). The number of likely N-dealkylation sites (N-methyl/N-ethyl adjacent to an activating group) is 1. The van der Waals surface area contributed by atoms with E-state index in [2.05, 4.69) is 5.32 Å². The van der Waals surface area contributed by atoms with Crippen LogP contribution in [-0.2, 0) is 0 Å². The van der Waals surface area contributed by atoms with Gasteiger partial charge in [0.05, 0.1) is 6.04 Å². The van der Waals surface area contributed by atoms with Crippen LogP contribution in [0.5, 0.6) is 0 Å². The highest BCUT2D eigenvalue weighted by Gasteiger charge is 2.26. The van der Waals surface area contributed by atoms with Crippen LogP contribution in [0, 0.1) is 0 Å². The third-order valence-electron chi connectivity index (χ3n) is 3.93. The van der Waals surface area contributed by atoms with Gasteiger partial charge in [-0.3, -0.25) is 4.79 Å². The number of carbonyl (C=O) groups is 2. The fourth-order valence-electron chi connectivity index (χ4n) is 2.59. The Morgan fingerprint density at radius 1 is 1.09 bits per heavy atom. The van der Waals surface area contributed by atoms with Gasteiger partial charge >= 0.3 is 6.03 Å². The maximum Gasteiger partial charge on any atom is 0.322 e. The maximum atomic E-state index is 12.2. The van der Waals surface area contributed by atoms with Crippen LogP contribution in [0.3, 0.4) is 0 Å². The number of nitrogens with zero attached hydrogens (tertiary/aromatic N) is 1. The zero-order valence-corrected chi connectivity index (χ0v) is 12.7. The van der Waals surface area contributed by atoms with Crippen LogP contribution in [0.2, 0.25) is 0 Å². The Morgan fingerprint density at radius 3 is 2.35 bits per heavy atom. The van der Waals surface area contributed by atoms with Crippen molar-refractivity contribution in [1.29, 1.82) is 0 Å². The van der Waals surface area contributed by atoms with Gasteiger partial charge in [0.15, 0.2) is 0 Å². The smallest absolute Gasteiger partial charge is 0.322 e. The first-order valence-corrected chi connectivity index (χ1v) is 7.27. The number of rotatable bonds is 3. The van der Waals surface area contributed by atoms with Crippen LogP contribution >= 0.6 is 0 Å². The van der Waals surface area contributed by atoms with Crippen LogP contribution in [0.1, 0.15) is 27.5 Å². The minimum Gasteiger partial charge on any atom is -0.366 e. The minimum absolute atomic E-state index is 0.171. The normalized spacial score (nSPS) is 17.4. The number of urea groups is 1. The van der Waals surface area contributed by atoms with Crippen molar-refractivity contribution in [2.45, 2.75) is 6.04 Å². The molecule has 3 N–H and O–H groups in total. The summed E-state index contributed by atoms with van der Waals surface area (Å²) < 4.78 is 0. The SMILES string of the molecule is CN1C(=O)NC(c2ccccc2)=CC1c1ccc(C(N)=O)cc1. The van der Waals surface area contributed by atoms with Crippen molar-refractivity contribution in [1.82, 2.24) is 10.2 Å². The zero-order valence-electron chi connectivity index (χ0n) is 12.7. The highest BCUT2D eigenvalue weighted by atomic mass is 16.2. The minimum atomic E-state index is -0.466. The molecule has 0 saturated carbocycles. The van der Waals surface area contributed by atoms with Gasteiger partial charge in [0.1, 0.15) is 0 Å². The molecule has 3 rings (SSSR count). The summed E-state index contributed by atoms with van der Waals surface area (Å²) in [6.45, 7) is 0. The second-order valence-corrected chi connectivity index (χ2v) is 5.42. The van der Waals surface area contributed by atoms with Crippen LogP contribution < -0.4 is 11.1 Å². The molecule has 0 bridgehead atoms. The highest BCUT2D eigenvalue weighted by molar-refractivity contribution is 5.93. The van der Waals surface area contributed by atoms with E-state index in [1.54, 1.807) is 24.1 Å². The summed E-state index contributed by atoms with van der Waals surface area (Å²) in [5.41, 5.74) is 8.36. The number of amides is 3. The number of benzene rings is 2. The van der Waals surface area contributed by atoms with Crippen molar-refractivity contribution in [3.05, 3.63) is 77.4 Å². The topological polar surface area (TPSA) is 75.4 Å². The van der Waals surface area contributed by atoms with Crippen molar-refractivity contribution in [2.24, 2.45) is 5.73 Å². The van der Waals surface area contributed by atoms with E-state index in [1.165, 1.54) is 0 Å². The zero-order chi connectivity index (χ0) is 16.4. The quantitative estimate of drug-likeness (QED) is 0.914. The molecule has 5 nitrogen and oxygen atoms in total. The predicted molar refractivity (Wildman–Crippen MR) is 88.4 cm³/mol. The van der Waals surface area contributed by atoms with Gasteiger partial charge in [0, 0.05) is 18.3 Å². The lowest BCUT2D eigenvalue weighted by Gasteiger charge is -2.32. The first-order chi connectivity index (χ1) is 11.1. The van der Waals surface area contributed by atoms with Crippen molar-refractivity contribution in [3.8, 4) is 0 Å². The molecule has 0 aromatic heterocycles. The first-order valence-electron chi connectivity index (χ1n) is 7.27. The third-order valence-corrected chi connectivity index (χ3v) is 3.93. The van der Waals surface area contributed by atoms with Crippen molar-refractivity contribution < 1.29 is 9.59 Å². The van der Waals surface area contributed by atoms with Crippen molar-refractivity contribution in [3.63, 3.8) is 0 Å². The molecule has 116 valence electrons. The molecule has 1 unspecified atom stereocenters. The van der Waals surface area contributed by atoms with Gasteiger partial charge in [-0.15, -0.1) is 0 Å². The third kappa shape index (κ3) is 2.94. The van der Waals surface area contributed by atoms with Crippen LogP contribution in [0.15, 0.2) is 60.7 Å². The van der Waals surface area contributed by atoms with E-state index >= 15 is 0 Å². The van der Waals surface area contributed by atoms with Crippen LogP contribution in [0.4, 0.5) is 4.79 Å². The number of nitrogens with one attached hydrogen (secondary N) is 1. The van der Waals surface area contributed by atoms with Gasteiger partial charge in [0.25, 0.3) is 0 Å². The molecule has 0 spiro atoms. The second-order valence-electron chi connectivity index (χ2n) is 5.42. The lowest BCUT2D eigenvalue weighted by molar-refractivity contribution is 0.1000. The van der Waals surface area contributed by atoms with Crippen LogP contribution in [0.25, 0.3) is 5.70 Å². The number of hydrogen-bond donors (Lipinski definition) is 2. The summed E-state index contributed by atoms with van der Waals surface area (Å²) in [5.74, 6) is -0.466. The number of hydrogen-bond acceptors (Lipinski definition) is 2. The maximum absolute atomic E-state index is 12.2. The summed E-state index contributed by atoms with van der Waals surface area (Å²) in [7, 11) is 1.74. The molecule has 2 aromatic rings. The first kappa shape index (κ1) is 14.8. The summed E-state index contributed by atoms with van der Waals surface area (Å²) in [6, 6.07) is 16.3. The molecular weight excluding hydrogens is 290 g/mol. The van der Waals surface area contributed by atoms with E-state index < -0.39 is 5.91 Å². The van der Waals surface area contributed by atoms with Gasteiger partial charge in [-0.05, 0) is 29.3 Å². The molecule has 1 atom stereocenters. The molecule has 3 amide bonds. The second kappa shape index (κ2) is 5.96. The molecule has 0 radical (unpaired) electrons. The molecule has 0 aliphatic carbocycles. The van der Waals surface area contributed by atoms with E-state index in [4.69, 9.17) is 5.73 Å². The molecule has 5 heteroatoms. The van der Waals surface area contributed by atoms with E-state index in [0.717, 1.165) is 16.8 Å². The average Bonchev–Trinajstić information content (AvgIpc) is 2.58. The summed E-state index contributed by atoms with van der Waals surface area (Å²) >= 11 is 0. The molecular formula is C18H17N3O2.